The van der Waals surface area contributed by atoms with Crippen LogP contribution in [-0.4, -0.2) is 42.9 Å². The Hall–Kier alpha value is -2.13. The standard InChI is InChI=1S/C23H30N2O/c1-24(2)14-15-25(18-19-8-4-3-5-9-19)23(26)17-20-12-13-21-10-6-7-11-22(21)16-20/h3-5,8-9,12-13,16H,6-7,10-11,14-15,17-18H2,1-2H3. The van der Waals surface area contributed by atoms with Gasteiger partial charge in [0.1, 0.15) is 0 Å². The minimum absolute atomic E-state index is 0.214. The molecule has 1 aliphatic carbocycles. The molecule has 0 bridgehead atoms. The lowest BCUT2D eigenvalue weighted by Crippen LogP contribution is -2.37. The normalized spacial score (nSPS) is 13.5. The average Bonchev–Trinajstić information content (AvgIpc) is 2.65. The van der Waals surface area contributed by atoms with Crippen LogP contribution in [0.3, 0.4) is 0 Å². The lowest BCUT2D eigenvalue weighted by atomic mass is 9.90. The van der Waals surface area contributed by atoms with Crippen molar-refractivity contribution in [2.45, 2.75) is 38.6 Å². The SMILES string of the molecule is CN(C)CCN(Cc1ccccc1)C(=O)Cc1ccc2c(c1)CCCC2. The fourth-order valence-electron chi connectivity index (χ4n) is 3.60. The molecule has 3 rings (SSSR count). The predicted octanol–water partition coefficient (Wildman–Crippen LogP) is 3.70. The number of rotatable bonds is 7. The van der Waals surface area contributed by atoms with Gasteiger partial charge in [-0.3, -0.25) is 4.79 Å². The maximum atomic E-state index is 13.0. The molecule has 1 aliphatic rings. The number of carbonyl (C=O) groups excluding carboxylic acids is 1. The van der Waals surface area contributed by atoms with Gasteiger partial charge in [0.15, 0.2) is 0 Å². The Balaban J connectivity index is 1.69. The number of likely N-dealkylation sites (N-methyl/N-ethyl adjacent to an activating group) is 1. The summed E-state index contributed by atoms with van der Waals surface area (Å²) in [5.41, 5.74) is 5.26. The summed E-state index contributed by atoms with van der Waals surface area (Å²) in [4.78, 5) is 17.1. The van der Waals surface area contributed by atoms with Gasteiger partial charge in [0.25, 0.3) is 0 Å². The van der Waals surface area contributed by atoms with Crippen LogP contribution < -0.4 is 0 Å². The Kier molecular flexibility index (Phi) is 6.45. The van der Waals surface area contributed by atoms with Gasteiger partial charge in [-0.25, -0.2) is 0 Å². The molecule has 0 fully saturated rings. The quantitative estimate of drug-likeness (QED) is 0.760. The van der Waals surface area contributed by atoms with E-state index in [2.05, 4.69) is 49.3 Å². The lowest BCUT2D eigenvalue weighted by molar-refractivity contribution is -0.131. The third kappa shape index (κ3) is 5.18. The maximum absolute atomic E-state index is 13.0. The lowest BCUT2D eigenvalue weighted by Gasteiger charge is -2.25. The van der Waals surface area contributed by atoms with Crippen LogP contribution in [-0.2, 0) is 30.6 Å². The van der Waals surface area contributed by atoms with Crippen LogP contribution >= 0.6 is 0 Å². The van der Waals surface area contributed by atoms with Gasteiger partial charge in [-0.1, -0.05) is 48.5 Å². The number of fused-ring (bicyclic) bond motifs is 1. The summed E-state index contributed by atoms with van der Waals surface area (Å²) in [6.07, 6.45) is 5.40. The summed E-state index contributed by atoms with van der Waals surface area (Å²) < 4.78 is 0. The van der Waals surface area contributed by atoms with E-state index in [4.69, 9.17) is 0 Å². The third-order valence-corrected chi connectivity index (χ3v) is 5.15. The maximum Gasteiger partial charge on any atom is 0.227 e. The first kappa shape index (κ1) is 18.7. The van der Waals surface area contributed by atoms with E-state index < -0.39 is 0 Å². The molecule has 2 aromatic carbocycles. The molecule has 2 aromatic rings. The Morgan fingerprint density at radius 3 is 2.35 bits per heavy atom. The van der Waals surface area contributed by atoms with Crippen LogP contribution in [0.1, 0.15) is 35.1 Å². The molecule has 0 heterocycles. The molecule has 0 aromatic heterocycles. The molecule has 0 aliphatic heterocycles. The molecule has 0 spiro atoms. The van der Waals surface area contributed by atoms with Crippen LogP contribution in [0.4, 0.5) is 0 Å². The first-order chi connectivity index (χ1) is 12.6. The second-order valence-electron chi connectivity index (χ2n) is 7.59. The van der Waals surface area contributed by atoms with E-state index in [0.29, 0.717) is 13.0 Å². The van der Waals surface area contributed by atoms with Gasteiger partial charge in [-0.15, -0.1) is 0 Å². The average molecular weight is 351 g/mol. The number of aryl methyl sites for hydroxylation is 2. The number of carbonyl (C=O) groups is 1. The van der Waals surface area contributed by atoms with Gasteiger partial charge in [-0.05, 0) is 62.0 Å². The van der Waals surface area contributed by atoms with Crippen molar-refractivity contribution in [3.8, 4) is 0 Å². The molecule has 138 valence electrons. The Morgan fingerprint density at radius 1 is 0.885 bits per heavy atom. The van der Waals surface area contributed by atoms with E-state index in [-0.39, 0.29) is 5.91 Å². The second kappa shape index (κ2) is 9.00. The molecule has 0 radical (unpaired) electrons. The molecule has 3 nitrogen and oxygen atoms in total. The van der Waals surface area contributed by atoms with Crippen molar-refractivity contribution in [1.29, 1.82) is 0 Å². The summed E-state index contributed by atoms with van der Waals surface area (Å²) in [6.45, 7) is 2.31. The first-order valence-electron chi connectivity index (χ1n) is 9.69. The molecule has 0 unspecified atom stereocenters. The Bertz CT molecular complexity index is 724. The van der Waals surface area contributed by atoms with E-state index >= 15 is 0 Å². The molecule has 3 heteroatoms. The fourth-order valence-corrected chi connectivity index (χ4v) is 3.60. The van der Waals surface area contributed by atoms with E-state index in [1.54, 1.807) is 0 Å². The van der Waals surface area contributed by atoms with Crippen LogP contribution in [0.15, 0.2) is 48.5 Å². The van der Waals surface area contributed by atoms with Gasteiger partial charge in [0, 0.05) is 19.6 Å². The van der Waals surface area contributed by atoms with E-state index in [1.807, 2.05) is 23.1 Å². The van der Waals surface area contributed by atoms with Crippen molar-refractivity contribution in [3.05, 3.63) is 70.8 Å². The number of hydrogen-bond donors (Lipinski definition) is 0. The van der Waals surface area contributed by atoms with Crippen molar-refractivity contribution < 1.29 is 4.79 Å². The van der Waals surface area contributed by atoms with Gasteiger partial charge < -0.3 is 9.80 Å². The zero-order valence-electron chi connectivity index (χ0n) is 16.1. The predicted molar refractivity (Wildman–Crippen MR) is 107 cm³/mol. The second-order valence-corrected chi connectivity index (χ2v) is 7.59. The molecule has 1 amide bonds. The van der Waals surface area contributed by atoms with E-state index in [9.17, 15) is 4.79 Å². The zero-order valence-corrected chi connectivity index (χ0v) is 16.1. The van der Waals surface area contributed by atoms with Gasteiger partial charge in [0.05, 0.1) is 6.42 Å². The summed E-state index contributed by atoms with van der Waals surface area (Å²) in [5.74, 6) is 0.214. The van der Waals surface area contributed by atoms with Gasteiger partial charge >= 0.3 is 0 Å². The largest absolute Gasteiger partial charge is 0.337 e. The van der Waals surface area contributed by atoms with Crippen molar-refractivity contribution in [1.82, 2.24) is 9.80 Å². The number of benzene rings is 2. The molecule has 0 saturated heterocycles. The minimum Gasteiger partial charge on any atom is -0.337 e. The molecule has 0 atom stereocenters. The molecule has 0 saturated carbocycles. The molecular weight excluding hydrogens is 320 g/mol. The smallest absolute Gasteiger partial charge is 0.227 e. The van der Waals surface area contributed by atoms with Crippen LogP contribution in [0.5, 0.6) is 0 Å². The minimum atomic E-state index is 0.214. The van der Waals surface area contributed by atoms with E-state index in [1.165, 1.54) is 36.0 Å². The summed E-state index contributed by atoms with van der Waals surface area (Å²) in [5, 5.41) is 0. The monoisotopic (exact) mass is 350 g/mol. The Morgan fingerprint density at radius 2 is 1.62 bits per heavy atom. The third-order valence-electron chi connectivity index (χ3n) is 5.15. The highest BCUT2D eigenvalue weighted by Gasteiger charge is 2.16. The highest BCUT2D eigenvalue weighted by molar-refractivity contribution is 5.79. The van der Waals surface area contributed by atoms with Crippen molar-refractivity contribution >= 4 is 5.91 Å². The molecular formula is C23H30N2O. The number of hydrogen-bond acceptors (Lipinski definition) is 2. The first-order valence-corrected chi connectivity index (χ1v) is 9.69. The van der Waals surface area contributed by atoms with Crippen LogP contribution in [0, 0.1) is 0 Å². The summed E-state index contributed by atoms with van der Waals surface area (Å²) in [6, 6.07) is 16.9. The highest BCUT2D eigenvalue weighted by atomic mass is 16.2. The zero-order chi connectivity index (χ0) is 18.4. The molecule has 26 heavy (non-hydrogen) atoms. The number of amides is 1. The van der Waals surface area contributed by atoms with Crippen LogP contribution in [0.25, 0.3) is 0 Å². The Labute approximate surface area is 157 Å². The van der Waals surface area contributed by atoms with Crippen molar-refractivity contribution in [2.24, 2.45) is 0 Å². The topological polar surface area (TPSA) is 23.6 Å². The van der Waals surface area contributed by atoms with Gasteiger partial charge in [0.2, 0.25) is 5.91 Å². The van der Waals surface area contributed by atoms with Gasteiger partial charge in [-0.2, -0.15) is 0 Å². The van der Waals surface area contributed by atoms with E-state index in [0.717, 1.165) is 25.1 Å². The number of nitrogens with zero attached hydrogens (tertiary/aromatic N) is 2. The van der Waals surface area contributed by atoms with Crippen molar-refractivity contribution in [3.63, 3.8) is 0 Å². The highest BCUT2D eigenvalue weighted by Crippen LogP contribution is 2.22. The van der Waals surface area contributed by atoms with Crippen LogP contribution in [0.2, 0.25) is 0 Å². The molecule has 0 N–H and O–H groups in total. The van der Waals surface area contributed by atoms with Crippen molar-refractivity contribution in [2.75, 3.05) is 27.2 Å². The summed E-state index contributed by atoms with van der Waals surface area (Å²) in [7, 11) is 4.10. The fraction of sp³-hybridized carbons (Fsp3) is 0.435. The summed E-state index contributed by atoms with van der Waals surface area (Å²) >= 11 is 0.